The molecule has 9 nitrogen and oxygen atoms in total. The molecule has 0 spiro atoms. The molecule has 1 amide bonds. The van der Waals surface area contributed by atoms with Crippen LogP contribution in [-0.4, -0.2) is 28.1 Å². The van der Waals surface area contributed by atoms with E-state index < -0.39 is 10.9 Å². The Hall–Kier alpha value is -3.49. The van der Waals surface area contributed by atoms with Gasteiger partial charge in [-0.05, 0) is 42.4 Å². The predicted octanol–water partition coefficient (Wildman–Crippen LogP) is 3.83. The Kier molecular flexibility index (Phi) is 4.89. The van der Waals surface area contributed by atoms with Gasteiger partial charge in [0.25, 0.3) is 5.69 Å². The highest BCUT2D eigenvalue weighted by Crippen LogP contribution is 2.66. The number of nitro benzene ring substituents is 1. The molecule has 9 heteroatoms. The van der Waals surface area contributed by atoms with E-state index in [0.717, 1.165) is 25.3 Å². The first-order valence-corrected chi connectivity index (χ1v) is 9.76. The summed E-state index contributed by atoms with van der Waals surface area (Å²) in [6.07, 6.45) is 5.84. The van der Waals surface area contributed by atoms with Crippen molar-refractivity contribution in [1.29, 1.82) is 0 Å². The van der Waals surface area contributed by atoms with Crippen LogP contribution in [0.25, 0.3) is 11.3 Å². The van der Waals surface area contributed by atoms with E-state index in [4.69, 9.17) is 4.42 Å². The highest BCUT2D eigenvalue weighted by atomic mass is 16.6. The van der Waals surface area contributed by atoms with E-state index in [2.05, 4.69) is 17.5 Å². The van der Waals surface area contributed by atoms with Crippen molar-refractivity contribution in [3.05, 3.63) is 51.8 Å². The number of fused-ring (bicyclic) bond motifs is 1. The van der Waals surface area contributed by atoms with Gasteiger partial charge < -0.3 is 9.52 Å². The number of nitro groups is 1. The molecule has 30 heavy (non-hydrogen) atoms. The van der Waals surface area contributed by atoms with Gasteiger partial charge in [-0.1, -0.05) is 19.8 Å². The predicted molar refractivity (Wildman–Crippen MR) is 107 cm³/mol. The minimum atomic E-state index is -1.30. The molecule has 2 saturated carbocycles. The second kappa shape index (κ2) is 7.40. The fourth-order valence-corrected chi connectivity index (χ4v) is 4.68. The number of carboxylic acid groups (broad SMARTS) is 1. The summed E-state index contributed by atoms with van der Waals surface area (Å²) in [6, 6.07) is 6.67. The molecule has 2 N–H and O–H groups in total. The number of carbonyl (C=O) groups is 2. The average molecular weight is 411 g/mol. The van der Waals surface area contributed by atoms with Crippen molar-refractivity contribution in [2.45, 2.75) is 32.6 Å². The van der Waals surface area contributed by atoms with Crippen LogP contribution in [0, 0.1) is 27.4 Å². The first-order valence-electron chi connectivity index (χ1n) is 9.76. The highest BCUT2D eigenvalue weighted by Gasteiger charge is 2.64. The largest absolute Gasteiger partial charge is 0.478 e. The molecule has 1 aromatic carbocycles. The third-order valence-electron chi connectivity index (χ3n) is 6.32. The molecule has 3 atom stereocenters. The van der Waals surface area contributed by atoms with Crippen LogP contribution in [0.1, 0.15) is 48.7 Å². The first kappa shape index (κ1) is 19.8. The van der Waals surface area contributed by atoms with Gasteiger partial charge in [0, 0.05) is 23.6 Å². The quantitative estimate of drug-likeness (QED) is 0.421. The topological polar surface area (TPSA) is 135 Å². The Morgan fingerprint density at radius 3 is 2.80 bits per heavy atom. The number of carbonyl (C=O) groups excluding carboxylic acids is 1. The molecule has 0 bridgehead atoms. The third-order valence-corrected chi connectivity index (χ3v) is 6.32. The zero-order valence-corrected chi connectivity index (χ0v) is 16.3. The second-order valence-electron chi connectivity index (χ2n) is 8.06. The lowest BCUT2D eigenvalue weighted by Gasteiger charge is -2.15. The summed E-state index contributed by atoms with van der Waals surface area (Å²) < 4.78 is 5.60. The summed E-state index contributed by atoms with van der Waals surface area (Å²) in [6.45, 7) is 2.16. The number of nitrogens with zero attached hydrogens (tertiary/aromatic N) is 2. The number of hydrogen-bond acceptors (Lipinski definition) is 6. The third kappa shape index (κ3) is 3.47. The average Bonchev–Trinajstić information content (AvgIpc) is 3.08. The molecular formula is C21H21N3O6. The number of benzene rings is 1. The molecule has 4 rings (SSSR count). The summed E-state index contributed by atoms with van der Waals surface area (Å²) in [7, 11) is 0. The number of furan rings is 1. The Bertz CT molecular complexity index is 1060. The maximum absolute atomic E-state index is 12.4. The molecule has 2 aliphatic carbocycles. The highest BCUT2D eigenvalue weighted by molar-refractivity contribution is 5.96. The molecule has 2 fully saturated rings. The summed E-state index contributed by atoms with van der Waals surface area (Å²) in [4.78, 5) is 34.1. The fraction of sp³-hybridized carbons (Fsp3) is 0.381. The summed E-state index contributed by atoms with van der Waals surface area (Å²) in [5.74, 6) is -0.394. The SMILES string of the molecule is C[C@]12CCCC[C@H]1[C@H]2C(=O)N/N=C\c1ccc(-c2ccc([N+](=O)[O-])cc2C(=O)O)o1. The summed E-state index contributed by atoms with van der Waals surface area (Å²) >= 11 is 0. The minimum absolute atomic E-state index is 0.00236. The lowest BCUT2D eigenvalue weighted by molar-refractivity contribution is -0.384. The van der Waals surface area contributed by atoms with Gasteiger partial charge in [0.2, 0.25) is 5.91 Å². The fourth-order valence-electron chi connectivity index (χ4n) is 4.68. The number of carboxylic acids is 1. The van der Waals surface area contributed by atoms with Crippen LogP contribution in [0.15, 0.2) is 39.9 Å². The summed E-state index contributed by atoms with van der Waals surface area (Å²) in [5, 5.41) is 24.2. The molecular weight excluding hydrogens is 390 g/mol. The second-order valence-corrected chi connectivity index (χ2v) is 8.06. The normalized spacial score (nSPS) is 25.0. The van der Waals surface area contributed by atoms with Crippen LogP contribution in [-0.2, 0) is 4.79 Å². The number of rotatable bonds is 6. The first-order chi connectivity index (χ1) is 14.3. The Balaban J connectivity index is 1.45. The van der Waals surface area contributed by atoms with Crippen LogP contribution in [0.4, 0.5) is 5.69 Å². The Morgan fingerprint density at radius 2 is 2.13 bits per heavy atom. The van der Waals surface area contributed by atoms with E-state index >= 15 is 0 Å². The van der Waals surface area contributed by atoms with Crippen molar-refractivity contribution in [3.63, 3.8) is 0 Å². The monoisotopic (exact) mass is 411 g/mol. The summed E-state index contributed by atoms with van der Waals surface area (Å²) in [5.41, 5.74) is 2.33. The molecule has 0 aliphatic heterocycles. The molecule has 0 unspecified atom stereocenters. The van der Waals surface area contributed by atoms with Crippen LogP contribution < -0.4 is 5.43 Å². The van der Waals surface area contributed by atoms with Gasteiger partial charge in [-0.3, -0.25) is 14.9 Å². The number of hydrazone groups is 1. The van der Waals surface area contributed by atoms with Crippen LogP contribution in [0.2, 0.25) is 0 Å². The van der Waals surface area contributed by atoms with Gasteiger partial charge >= 0.3 is 5.97 Å². The van der Waals surface area contributed by atoms with Crippen molar-refractivity contribution in [2.75, 3.05) is 0 Å². The van der Waals surface area contributed by atoms with E-state index in [1.807, 2.05) is 0 Å². The molecule has 2 aliphatic rings. The number of non-ortho nitro benzene ring substituents is 1. The Morgan fingerprint density at radius 1 is 1.33 bits per heavy atom. The van der Waals surface area contributed by atoms with Crippen molar-refractivity contribution in [2.24, 2.45) is 22.4 Å². The van der Waals surface area contributed by atoms with Crippen LogP contribution in [0.5, 0.6) is 0 Å². The van der Waals surface area contributed by atoms with Gasteiger partial charge in [-0.2, -0.15) is 5.10 Å². The molecule has 156 valence electrons. The van der Waals surface area contributed by atoms with E-state index in [-0.39, 0.29) is 39.8 Å². The van der Waals surface area contributed by atoms with Gasteiger partial charge in [-0.25, -0.2) is 10.2 Å². The Labute approximate surface area is 171 Å². The van der Waals surface area contributed by atoms with Gasteiger partial charge in [0.05, 0.1) is 16.7 Å². The van der Waals surface area contributed by atoms with E-state index in [1.165, 1.54) is 24.8 Å². The van der Waals surface area contributed by atoms with Crippen molar-refractivity contribution >= 4 is 23.8 Å². The standard InChI is InChI=1S/C21H21N3O6/c1-21-9-3-2-4-16(21)18(21)19(25)23-22-11-13-6-8-17(30-13)14-7-5-12(24(28)29)10-15(14)20(26)27/h5-8,10-11,16,18H,2-4,9H2,1H3,(H,23,25)(H,26,27)/b22-11-/t16-,18-,21-/m0/s1. The van der Waals surface area contributed by atoms with E-state index in [9.17, 15) is 24.8 Å². The van der Waals surface area contributed by atoms with Crippen molar-refractivity contribution in [3.8, 4) is 11.3 Å². The maximum Gasteiger partial charge on any atom is 0.336 e. The molecule has 1 heterocycles. The van der Waals surface area contributed by atoms with Crippen molar-refractivity contribution in [1.82, 2.24) is 5.43 Å². The lowest BCUT2D eigenvalue weighted by Crippen LogP contribution is -2.22. The van der Waals surface area contributed by atoms with Crippen LogP contribution in [0.3, 0.4) is 0 Å². The molecule has 1 aromatic heterocycles. The van der Waals surface area contributed by atoms with E-state index in [1.54, 1.807) is 12.1 Å². The number of amides is 1. The smallest absolute Gasteiger partial charge is 0.336 e. The van der Waals surface area contributed by atoms with Gasteiger partial charge in [0.1, 0.15) is 11.5 Å². The lowest BCUT2D eigenvalue weighted by atomic mass is 9.90. The zero-order chi connectivity index (χ0) is 21.5. The van der Waals surface area contributed by atoms with Crippen molar-refractivity contribution < 1.29 is 24.0 Å². The van der Waals surface area contributed by atoms with E-state index in [0.29, 0.717) is 11.7 Å². The minimum Gasteiger partial charge on any atom is -0.478 e. The number of hydrogen-bond donors (Lipinski definition) is 2. The number of nitrogens with one attached hydrogen (secondary N) is 1. The molecule has 2 aromatic rings. The maximum atomic E-state index is 12.4. The van der Waals surface area contributed by atoms with Gasteiger partial charge in [0.15, 0.2) is 0 Å². The number of aromatic carboxylic acids is 1. The van der Waals surface area contributed by atoms with Crippen LogP contribution >= 0.6 is 0 Å². The molecule has 0 radical (unpaired) electrons. The van der Waals surface area contributed by atoms with Gasteiger partial charge in [-0.15, -0.1) is 0 Å². The zero-order valence-electron chi connectivity index (χ0n) is 16.3. The molecule has 0 saturated heterocycles.